The quantitative estimate of drug-likeness (QED) is 0.890. The summed E-state index contributed by atoms with van der Waals surface area (Å²) >= 11 is 0. The van der Waals surface area contributed by atoms with Gasteiger partial charge >= 0.3 is 5.97 Å². The molecule has 0 aliphatic carbocycles. The van der Waals surface area contributed by atoms with Gasteiger partial charge in [-0.15, -0.1) is 0 Å². The Morgan fingerprint density at radius 1 is 1.37 bits per heavy atom. The van der Waals surface area contributed by atoms with E-state index in [9.17, 15) is 4.79 Å². The van der Waals surface area contributed by atoms with E-state index in [-0.39, 0.29) is 12.2 Å². The van der Waals surface area contributed by atoms with Crippen LogP contribution in [0.25, 0.3) is 6.08 Å². The lowest BCUT2D eigenvalue weighted by atomic mass is 10.2. The molecule has 0 amide bonds. The van der Waals surface area contributed by atoms with Crippen molar-refractivity contribution in [3.8, 4) is 5.75 Å². The number of benzene rings is 1. The molecule has 1 aromatic carbocycles. The van der Waals surface area contributed by atoms with Gasteiger partial charge in [0.05, 0.1) is 6.26 Å². The van der Waals surface area contributed by atoms with Crippen LogP contribution in [0.5, 0.6) is 5.75 Å². The van der Waals surface area contributed by atoms with Gasteiger partial charge in [0.1, 0.15) is 17.9 Å². The van der Waals surface area contributed by atoms with Crippen molar-refractivity contribution in [2.75, 3.05) is 0 Å². The van der Waals surface area contributed by atoms with Gasteiger partial charge in [-0.2, -0.15) is 0 Å². The molecule has 0 fully saturated rings. The van der Waals surface area contributed by atoms with Crippen molar-refractivity contribution in [1.29, 1.82) is 0 Å². The van der Waals surface area contributed by atoms with Crippen LogP contribution in [0.4, 0.5) is 0 Å². The molecule has 1 N–H and O–H groups in total. The standard InChI is InChI=1S/C15H14O4/c1-2-5-11-6-3-4-7-13(11)19-10-14-12(15(16)17)8-9-18-14/h2-9H,10H2,1H3,(H,16,17)/b5-2+. The highest BCUT2D eigenvalue weighted by Gasteiger charge is 2.14. The molecule has 0 atom stereocenters. The van der Waals surface area contributed by atoms with Crippen molar-refractivity contribution in [1.82, 2.24) is 0 Å². The number of carbonyl (C=O) groups is 1. The second-order valence-corrected chi connectivity index (χ2v) is 3.89. The van der Waals surface area contributed by atoms with Gasteiger partial charge in [0.15, 0.2) is 5.76 Å². The third-order valence-electron chi connectivity index (χ3n) is 2.60. The molecular formula is C15H14O4. The minimum Gasteiger partial charge on any atom is -0.485 e. The minimum atomic E-state index is -1.02. The summed E-state index contributed by atoms with van der Waals surface area (Å²) in [5, 5.41) is 8.96. The highest BCUT2D eigenvalue weighted by Crippen LogP contribution is 2.21. The fraction of sp³-hybridized carbons (Fsp3) is 0.133. The minimum absolute atomic E-state index is 0.0865. The number of carboxylic acids is 1. The number of carboxylic acid groups (broad SMARTS) is 1. The van der Waals surface area contributed by atoms with E-state index in [2.05, 4.69) is 0 Å². The SMILES string of the molecule is C/C=C/c1ccccc1OCc1occc1C(=O)O. The van der Waals surface area contributed by atoms with E-state index >= 15 is 0 Å². The molecule has 0 spiro atoms. The molecule has 1 aromatic heterocycles. The normalized spacial score (nSPS) is 10.8. The van der Waals surface area contributed by atoms with Gasteiger partial charge < -0.3 is 14.3 Å². The molecule has 4 nitrogen and oxygen atoms in total. The number of furan rings is 1. The van der Waals surface area contributed by atoms with Crippen molar-refractivity contribution in [2.45, 2.75) is 13.5 Å². The summed E-state index contributed by atoms with van der Waals surface area (Å²) in [7, 11) is 0. The Morgan fingerprint density at radius 3 is 2.89 bits per heavy atom. The van der Waals surface area contributed by atoms with Gasteiger partial charge in [0.25, 0.3) is 0 Å². The molecule has 19 heavy (non-hydrogen) atoms. The van der Waals surface area contributed by atoms with Gasteiger partial charge in [-0.25, -0.2) is 4.79 Å². The monoisotopic (exact) mass is 258 g/mol. The maximum Gasteiger partial charge on any atom is 0.339 e. The first kappa shape index (κ1) is 13.0. The molecule has 2 aromatic rings. The van der Waals surface area contributed by atoms with E-state index in [0.717, 1.165) is 5.56 Å². The molecule has 0 saturated carbocycles. The van der Waals surface area contributed by atoms with Crippen LogP contribution in [0.15, 0.2) is 47.1 Å². The fourth-order valence-corrected chi connectivity index (χ4v) is 1.72. The first-order chi connectivity index (χ1) is 9.22. The molecular weight excluding hydrogens is 244 g/mol. The molecule has 4 heteroatoms. The molecule has 0 unspecified atom stereocenters. The summed E-state index contributed by atoms with van der Waals surface area (Å²) in [5.74, 6) is -0.0230. The van der Waals surface area contributed by atoms with Gasteiger partial charge in [-0.3, -0.25) is 0 Å². The van der Waals surface area contributed by atoms with Crippen LogP contribution < -0.4 is 4.74 Å². The summed E-state index contributed by atoms with van der Waals surface area (Å²) in [6.45, 7) is 2.01. The predicted octanol–water partition coefficient (Wildman–Crippen LogP) is 3.59. The van der Waals surface area contributed by atoms with Crippen LogP contribution in [0.1, 0.15) is 28.6 Å². The lowest BCUT2D eigenvalue weighted by Crippen LogP contribution is -2.03. The first-order valence-corrected chi connectivity index (χ1v) is 5.86. The van der Waals surface area contributed by atoms with Crippen LogP contribution in [-0.4, -0.2) is 11.1 Å². The van der Waals surface area contributed by atoms with E-state index in [0.29, 0.717) is 11.5 Å². The third kappa shape index (κ3) is 3.04. The molecule has 0 radical (unpaired) electrons. The zero-order valence-corrected chi connectivity index (χ0v) is 10.5. The Bertz CT molecular complexity index is 596. The van der Waals surface area contributed by atoms with Crippen LogP contribution in [0, 0.1) is 0 Å². The number of para-hydroxylation sites is 1. The van der Waals surface area contributed by atoms with Crippen LogP contribution >= 0.6 is 0 Å². The number of ether oxygens (including phenoxy) is 1. The summed E-state index contributed by atoms with van der Waals surface area (Å²) < 4.78 is 10.7. The summed E-state index contributed by atoms with van der Waals surface area (Å²) in [6, 6.07) is 8.95. The van der Waals surface area contributed by atoms with Crippen molar-refractivity contribution >= 4 is 12.0 Å². The number of aromatic carboxylic acids is 1. The van der Waals surface area contributed by atoms with Crippen molar-refractivity contribution in [2.24, 2.45) is 0 Å². The Kier molecular flexibility index (Phi) is 4.03. The van der Waals surface area contributed by atoms with Crippen molar-refractivity contribution in [3.63, 3.8) is 0 Å². The lowest BCUT2D eigenvalue weighted by molar-refractivity contribution is 0.0692. The highest BCUT2D eigenvalue weighted by molar-refractivity contribution is 5.88. The van der Waals surface area contributed by atoms with E-state index in [1.165, 1.54) is 12.3 Å². The van der Waals surface area contributed by atoms with E-state index in [1.807, 2.05) is 43.3 Å². The number of hydrogen-bond acceptors (Lipinski definition) is 3. The van der Waals surface area contributed by atoms with E-state index < -0.39 is 5.97 Å². The van der Waals surface area contributed by atoms with Gasteiger partial charge in [0, 0.05) is 5.56 Å². The summed E-state index contributed by atoms with van der Waals surface area (Å²) in [5.41, 5.74) is 1.07. The van der Waals surface area contributed by atoms with Gasteiger partial charge in [-0.1, -0.05) is 30.4 Å². The number of rotatable bonds is 5. The van der Waals surface area contributed by atoms with Crippen LogP contribution in [0.3, 0.4) is 0 Å². The summed E-state index contributed by atoms with van der Waals surface area (Å²) in [6.07, 6.45) is 5.19. The summed E-state index contributed by atoms with van der Waals surface area (Å²) in [4.78, 5) is 10.9. The Morgan fingerprint density at radius 2 is 2.16 bits per heavy atom. The predicted molar refractivity (Wildman–Crippen MR) is 71.1 cm³/mol. The second-order valence-electron chi connectivity index (χ2n) is 3.89. The Labute approximate surface area is 110 Å². The third-order valence-corrected chi connectivity index (χ3v) is 2.60. The topological polar surface area (TPSA) is 59.7 Å². The molecule has 0 aliphatic rings. The second kappa shape index (κ2) is 5.91. The van der Waals surface area contributed by atoms with E-state index in [1.54, 1.807) is 0 Å². The number of hydrogen-bond donors (Lipinski definition) is 1. The Balaban J connectivity index is 2.14. The van der Waals surface area contributed by atoms with Crippen molar-refractivity contribution in [3.05, 3.63) is 59.6 Å². The average molecular weight is 258 g/mol. The van der Waals surface area contributed by atoms with Gasteiger partial charge in [0.2, 0.25) is 0 Å². The Hall–Kier alpha value is -2.49. The molecule has 0 bridgehead atoms. The maximum absolute atomic E-state index is 10.9. The molecule has 0 aliphatic heterocycles. The highest BCUT2D eigenvalue weighted by atomic mass is 16.5. The lowest BCUT2D eigenvalue weighted by Gasteiger charge is -2.08. The molecule has 98 valence electrons. The molecule has 1 heterocycles. The smallest absolute Gasteiger partial charge is 0.339 e. The first-order valence-electron chi connectivity index (χ1n) is 5.86. The average Bonchev–Trinajstić information content (AvgIpc) is 2.86. The van der Waals surface area contributed by atoms with Crippen LogP contribution in [-0.2, 0) is 6.61 Å². The number of allylic oxidation sites excluding steroid dienone is 1. The molecule has 0 saturated heterocycles. The maximum atomic E-state index is 10.9. The van der Waals surface area contributed by atoms with Gasteiger partial charge in [-0.05, 0) is 19.1 Å². The van der Waals surface area contributed by atoms with Crippen molar-refractivity contribution < 1.29 is 19.1 Å². The van der Waals surface area contributed by atoms with E-state index in [4.69, 9.17) is 14.3 Å². The zero-order valence-electron chi connectivity index (χ0n) is 10.5. The fourth-order valence-electron chi connectivity index (χ4n) is 1.72. The molecule has 2 rings (SSSR count). The van der Waals surface area contributed by atoms with Crippen LogP contribution in [0.2, 0.25) is 0 Å². The zero-order chi connectivity index (χ0) is 13.7. The largest absolute Gasteiger partial charge is 0.485 e.